The van der Waals surface area contributed by atoms with Gasteiger partial charge in [0.1, 0.15) is 11.5 Å². The monoisotopic (exact) mass is 246 g/mol. The van der Waals surface area contributed by atoms with Gasteiger partial charge in [-0.3, -0.25) is 10.1 Å². The molecule has 0 fully saturated rings. The number of hydrogen-bond acceptors (Lipinski definition) is 3. The third-order valence-corrected chi connectivity index (χ3v) is 2.49. The van der Waals surface area contributed by atoms with Crippen molar-refractivity contribution in [3.05, 3.63) is 64.0 Å². The van der Waals surface area contributed by atoms with Crippen LogP contribution in [0.3, 0.4) is 0 Å². The fraction of sp³-hybridized carbons (Fsp3) is 0.0769. The molecular weight excluding hydrogens is 235 g/mol. The van der Waals surface area contributed by atoms with E-state index in [0.29, 0.717) is 0 Å². The van der Waals surface area contributed by atoms with E-state index < -0.39 is 10.7 Å². The van der Waals surface area contributed by atoms with Crippen molar-refractivity contribution in [2.24, 2.45) is 0 Å². The van der Waals surface area contributed by atoms with E-state index in [-0.39, 0.29) is 17.1 Å². The van der Waals surface area contributed by atoms with Crippen molar-refractivity contribution in [1.29, 1.82) is 0 Å². The number of aryl methyl sites for hydroxylation is 1. The molecule has 0 aliphatic heterocycles. The highest BCUT2D eigenvalue weighted by Gasteiger charge is 2.13. The Labute approximate surface area is 103 Å². The highest BCUT2D eigenvalue weighted by atomic mass is 19.1. The molecule has 0 amide bonds. The summed E-state index contributed by atoms with van der Waals surface area (Å²) in [6, 6.07) is 10.8. The molecule has 0 bridgehead atoms. The summed E-state index contributed by atoms with van der Waals surface area (Å²) < 4.78 is 13.6. The number of nitro groups is 1. The second kappa shape index (κ2) is 4.83. The van der Waals surface area contributed by atoms with Crippen LogP contribution in [0.2, 0.25) is 0 Å². The van der Waals surface area contributed by atoms with Gasteiger partial charge >= 0.3 is 0 Å². The minimum absolute atomic E-state index is 0.0857. The minimum Gasteiger partial charge on any atom is -0.348 e. The molecule has 0 heterocycles. The molecule has 2 aromatic carbocycles. The molecule has 0 aliphatic rings. The summed E-state index contributed by atoms with van der Waals surface area (Å²) in [6.07, 6.45) is 0. The fourth-order valence-electron chi connectivity index (χ4n) is 1.61. The predicted molar refractivity (Wildman–Crippen MR) is 67.5 cm³/mol. The van der Waals surface area contributed by atoms with Crippen molar-refractivity contribution in [3.8, 4) is 0 Å². The smallest absolute Gasteiger partial charge is 0.292 e. The van der Waals surface area contributed by atoms with E-state index in [4.69, 9.17) is 0 Å². The van der Waals surface area contributed by atoms with E-state index in [1.165, 1.54) is 18.2 Å². The number of rotatable bonds is 3. The Kier molecular flexibility index (Phi) is 3.23. The van der Waals surface area contributed by atoms with E-state index in [2.05, 4.69) is 5.32 Å². The maximum Gasteiger partial charge on any atom is 0.292 e. The molecule has 18 heavy (non-hydrogen) atoms. The number of hydrogen-bond donors (Lipinski definition) is 1. The van der Waals surface area contributed by atoms with Gasteiger partial charge in [0.2, 0.25) is 0 Å². The van der Waals surface area contributed by atoms with Gasteiger partial charge in [-0.1, -0.05) is 18.2 Å². The summed E-state index contributed by atoms with van der Waals surface area (Å²) in [4.78, 5) is 10.3. The number of nitrogens with one attached hydrogen (secondary N) is 1. The van der Waals surface area contributed by atoms with Gasteiger partial charge in [0, 0.05) is 6.07 Å². The summed E-state index contributed by atoms with van der Waals surface area (Å²) in [5, 5.41) is 13.6. The first-order chi connectivity index (χ1) is 8.58. The van der Waals surface area contributed by atoms with Crippen LogP contribution in [0, 0.1) is 22.9 Å². The van der Waals surface area contributed by atoms with Crippen LogP contribution in [0.1, 0.15) is 5.56 Å². The van der Waals surface area contributed by atoms with Gasteiger partial charge in [-0.05, 0) is 30.7 Å². The van der Waals surface area contributed by atoms with Gasteiger partial charge in [-0.25, -0.2) is 4.39 Å². The highest BCUT2D eigenvalue weighted by molar-refractivity contribution is 5.69. The lowest BCUT2D eigenvalue weighted by Crippen LogP contribution is -1.98. The number of nitrogens with zero attached hydrogens (tertiary/aromatic N) is 1. The molecular formula is C13H11FN2O2. The van der Waals surface area contributed by atoms with E-state index in [1.807, 2.05) is 0 Å². The SMILES string of the molecule is Cc1ccc(Nc2ccccc2[N+](=O)[O-])c(F)c1. The van der Waals surface area contributed by atoms with Crippen molar-refractivity contribution >= 4 is 17.1 Å². The largest absolute Gasteiger partial charge is 0.348 e. The van der Waals surface area contributed by atoms with E-state index in [1.54, 1.807) is 31.2 Å². The molecule has 0 aliphatic carbocycles. The Bertz CT molecular complexity index is 599. The van der Waals surface area contributed by atoms with Crippen molar-refractivity contribution in [1.82, 2.24) is 0 Å². The van der Waals surface area contributed by atoms with Gasteiger partial charge in [0.25, 0.3) is 5.69 Å². The summed E-state index contributed by atoms with van der Waals surface area (Å²) in [7, 11) is 0. The molecule has 0 spiro atoms. The Hall–Kier alpha value is -2.43. The zero-order chi connectivity index (χ0) is 13.1. The molecule has 4 nitrogen and oxygen atoms in total. The Morgan fingerprint density at radius 3 is 2.56 bits per heavy atom. The molecule has 2 aromatic rings. The lowest BCUT2D eigenvalue weighted by atomic mass is 10.2. The molecule has 0 saturated carbocycles. The van der Waals surface area contributed by atoms with E-state index >= 15 is 0 Å². The molecule has 0 unspecified atom stereocenters. The molecule has 92 valence electrons. The molecule has 0 radical (unpaired) electrons. The number of nitro benzene ring substituents is 1. The second-order valence-corrected chi connectivity index (χ2v) is 3.88. The normalized spacial score (nSPS) is 10.1. The van der Waals surface area contributed by atoms with Crippen LogP contribution in [0.5, 0.6) is 0 Å². The first-order valence-electron chi connectivity index (χ1n) is 5.34. The standard InChI is InChI=1S/C13H11FN2O2/c1-9-6-7-11(10(14)8-9)15-12-4-2-3-5-13(12)16(17)18/h2-8,15H,1H3. The van der Waals surface area contributed by atoms with Gasteiger partial charge in [0.05, 0.1) is 10.6 Å². The fourth-order valence-corrected chi connectivity index (χ4v) is 1.61. The van der Waals surface area contributed by atoms with E-state index in [9.17, 15) is 14.5 Å². The number of para-hydroxylation sites is 2. The first-order valence-corrected chi connectivity index (χ1v) is 5.34. The predicted octanol–water partition coefficient (Wildman–Crippen LogP) is 3.79. The summed E-state index contributed by atoms with van der Waals surface area (Å²) >= 11 is 0. The lowest BCUT2D eigenvalue weighted by molar-refractivity contribution is -0.383. The zero-order valence-electron chi connectivity index (χ0n) is 9.68. The van der Waals surface area contributed by atoms with Gasteiger partial charge in [0.15, 0.2) is 0 Å². The van der Waals surface area contributed by atoms with Gasteiger partial charge < -0.3 is 5.32 Å². The van der Waals surface area contributed by atoms with Crippen molar-refractivity contribution in [3.63, 3.8) is 0 Å². The van der Waals surface area contributed by atoms with Crippen LogP contribution in [-0.2, 0) is 0 Å². The third-order valence-electron chi connectivity index (χ3n) is 2.49. The van der Waals surface area contributed by atoms with Crippen LogP contribution in [0.4, 0.5) is 21.5 Å². The molecule has 2 rings (SSSR count). The van der Waals surface area contributed by atoms with Crippen molar-refractivity contribution < 1.29 is 9.31 Å². The molecule has 0 atom stereocenters. The number of benzene rings is 2. The van der Waals surface area contributed by atoms with Crippen LogP contribution in [0.15, 0.2) is 42.5 Å². The molecule has 0 saturated heterocycles. The van der Waals surface area contributed by atoms with Gasteiger partial charge in [-0.15, -0.1) is 0 Å². The summed E-state index contributed by atoms with van der Waals surface area (Å²) in [6.45, 7) is 1.78. The van der Waals surface area contributed by atoms with E-state index in [0.717, 1.165) is 5.56 Å². The molecule has 1 N–H and O–H groups in total. The molecule has 5 heteroatoms. The Balaban J connectivity index is 2.37. The Morgan fingerprint density at radius 2 is 1.89 bits per heavy atom. The maximum absolute atomic E-state index is 13.6. The quantitative estimate of drug-likeness (QED) is 0.662. The first kappa shape index (κ1) is 12.0. The van der Waals surface area contributed by atoms with Gasteiger partial charge in [-0.2, -0.15) is 0 Å². The lowest BCUT2D eigenvalue weighted by Gasteiger charge is -2.08. The van der Waals surface area contributed by atoms with Crippen LogP contribution in [0.25, 0.3) is 0 Å². The average molecular weight is 246 g/mol. The summed E-state index contributed by atoms with van der Waals surface area (Å²) in [5.41, 5.74) is 1.19. The average Bonchev–Trinajstić information content (AvgIpc) is 2.33. The van der Waals surface area contributed by atoms with Crippen LogP contribution >= 0.6 is 0 Å². The van der Waals surface area contributed by atoms with Crippen LogP contribution < -0.4 is 5.32 Å². The molecule has 0 aromatic heterocycles. The van der Waals surface area contributed by atoms with Crippen molar-refractivity contribution in [2.45, 2.75) is 6.92 Å². The highest BCUT2D eigenvalue weighted by Crippen LogP contribution is 2.28. The topological polar surface area (TPSA) is 55.2 Å². The second-order valence-electron chi connectivity index (χ2n) is 3.88. The zero-order valence-corrected chi connectivity index (χ0v) is 9.68. The van der Waals surface area contributed by atoms with Crippen molar-refractivity contribution in [2.75, 3.05) is 5.32 Å². The summed E-state index contributed by atoms with van der Waals surface area (Å²) in [5.74, 6) is -0.437. The van der Waals surface area contributed by atoms with Crippen LogP contribution in [-0.4, -0.2) is 4.92 Å². The minimum atomic E-state index is -0.506. The Morgan fingerprint density at radius 1 is 1.17 bits per heavy atom. The number of halogens is 1. The third kappa shape index (κ3) is 2.45. The number of anilines is 2. The maximum atomic E-state index is 13.6.